The van der Waals surface area contributed by atoms with Gasteiger partial charge in [0, 0.05) is 18.7 Å². The van der Waals surface area contributed by atoms with E-state index >= 15 is 0 Å². The second kappa shape index (κ2) is 4.50. The van der Waals surface area contributed by atoms with Crippen molar-refractivity contribution in [3.63, 3.8) is 0 Å². The molecule has 4 rings (SSSR count). The van der Waals surface area contributed by atoms with Crippen molar-refractivity contribution < 1.29 is 9.78 Å². The zero-order chi connectivity index (χ0) is 12.7. The van der Waals surface area contributed by atoms with Crippen LogP contribution in [0.5, 0.6) is 0 Å². The van der Waals surface area contributed by atoms with Gasteiger partial charge in [-0.15, -0.1) is 0 Å². The number of hydrogen-bond donors (Lipinski definition) is 1. The second-order valence-corrected chi connectivity index (χ2v) is 6.16. The van der Waals surface area contributed by atoms with Crippen molar-refractivity contribution in [3.8, 4) is 0 Å². The van der Waals surface area contributed by atoms with Crippen molar-refractivity contribution >= 4 is 5.69 Å². The molecule has 102 valence electrons. The third kappa shape index (κ3) is 1.96. The third-order valence-corrected chi connectivity index (χ3v) is 5.12. The highest BCUT2D eigenvalue weighted by Crippen LogP contribution is 2.45. The fourth-order valence-electron chi connectivity index (χ4n) is 3.98. The molecule has 19 heavy (non-hydrogen) atoms. The van der Waals surface area contributed by atoms with Crippen LogP contribution in [0.1, 0.15) is 49.1 Å². The summed E-state index contributed by atoms with van der Waals surface area (Å²) < 4.78 is 0. The van der Waals surface area contributed by atoms with Crippen molar-refractivity contribution in [2.45, 2.75) is 50.0 Å². The highest BCUT2D eigenvalue weighted by molar-refractivity contribution is 5.59. The minimum atomic E-state index is 0.0483. The fraction of sp³-hybridized carbons (Fsp3) is 0.625. The first kappa shape index (κ1) is 11.7. The summed E-state index contributed by atoms with van der Waals surface area (Å²) in [6.45, 7) is 1.87. The summed E-state index contributed by atoms with van der Waals surface area (Å²) in [5, 5.41) is 3.48. The molecule has 1 aromatic rings. The van der Waals surface area contributed by atoms with Crippen LogP contribution in [0, 0.1) is 0 Å². The average molecular weight is 259 g/mol. The molecule has 3 aliphatic rings. The van der Waals surface area contributed by atoms with E-state index in [-0.39, 0.29) is 5.60 Å². The molecule has 2 heterocycles. The summed E-state index contributed by atoms with van der Waals surface area (Å²) >= 11 is 0. The molecule has 1 aliphatic carbocycles. The molecule has 1 saturated heterocycles. The molecule has 3 nitrogen and oxygen atoms in total. The van der Waals surface area contributed by atoms with E-state index in [9.17, 15) is 0 Å². The summed E-state index contributed by atoms with van der Waals surface area (Å²) in [7, 11) is 0. The van der Waals surface area contributed by atoms with Crippen molar-refractivity contribution in [2.24, 2.45) is 0 Å². The number of anilines is 1. The van der Waals surface area contributed by atoms with Gasteiger partial charge in [-0.1, -0.05) is 12.1 Å². The average Bonchev–Trinajstić information content (AvgIpc) is 3.09. The maximum absolute atomic E-state index is 5.55. The van der Waals surface area contributed by atoms with Crippen molar-refractivity contribution in [1.29, 1.82) is 0 Å². The normalized spacial score (nSPS) is 33.4. The second-order valence-electron chi connectivity index (χ2n) is 6.16. The Bertz CT molecular complexity index is 470. The van der Waals surface area contributed by atoms with E-state index in [1.165, 1.54) is 24.9 Å². The van der Waals surface area contributed by atoms with Gasteiger partial charge in [0.15, 0.2) is 0 Å². The Morgan fingerprint density at radius 3 is 2.84 bits per heavy atom. The maximum atomic E-state index is 5.55. The molecule has 1 N–H and O–H groups in total. The zero-order valence-electron chi connectivity index (χ0n) is 11.3. The number of rotatable bonds is 1. The first-order valence-electron chi connectivity index (χ1n) is 7.53. The van der Waals surface area contributed by atoms with Gasteiger partial charge in [0.25, 0.3) is 0 Å². The lowest BCUT2D eigenvalue weighted by Crippen LogP contribution is -2.32. The minimum Gasteiger partial charge on any atom is -0.384 e. The quantitative estimate of drug-likeness (QED) is 0.784. The van der Waals surface area contributed by atoms with Gasteiger partial charge in [-0.25, -0.2) is 9.78 Å². The lowest BCUT2D eigenvalue weighted by Gasteiger charge is -2.35. The molecule has 0 bridgehead atoms. The van der Waals surface area contributed by atoms with E-state index in [0.717, 1.165) is 32.4 Å². The van der Waals surface area contributed by atoms with Gasteiger partial charge in [-0.3, -0.25) is 0 Å². The Labute approximate surface area is 114 Å². The summed E-state index contributed by atoms with van der Waals surface area (Å²) in [6, 6.07) is 6.75. The van der Waals surface area contributed by atoms with E-state index in [0.29, 0.717) is 5.92 Å². The van der Waals surface area contributed by atoms with Gasteiger partial charge in [-0.2, -0.15) is 0 Å². The maximum Gasteiger partial charge on any atom is 0.106 e. The van der Waals surface area contributed by atoms with Crippen molar-refractivity contribution in [3.05, 3.63) is 29.3 Å². The number of hydrogen-bond acceptors (Lipinski definition) is 3. The van der Waals surface area contributed by atoms with Gasteiger partial charge in [-0.05, 0) is 55.2 Å². The van der Waals surface area contributed by atoms with Crippen LogP contribution in [0.25, 0.3) is 0 Å². The summed E-state index contributed by atoms with van der Waals surface area (Å²) in [6.07, 6.45) is 7.03. The van der Waals surface area contributed by atoms with E-state index in [1.807, 2.05) is 0 Å². The van der Waals surface area contributed by atoms with Crippen LogP contribution in [-0.2, 0) is 16.2 Å². The standard InChI is InChI=1S/C16H21NO2/c1-2-13(14-6-10-17-15(14)3-1)12-4-7-16(8-5-12)9-11-18-19-16/h1-3,12,17H,4-11H2. The van der Waals surface area contributed by atoms with Crippen LogP contribution in [0.3, 0.4) is 0 Å². The van der Waals surface area contributed by atoms with Crippen LogP contribution >= 0.6 is 0 Å². The lowest BCUT2D eigenvalue weighted by atomic mass is 9.74. The topological polar surface area (TPSA) is 30.5 Å². The van der Waals surface area contributed by atoms with Crippen LogP contribution < -0.4 is 5.32 Å². The predicted molar refractivity (Wildman–Crippen MR) is 74.2 cm³/mol. The molecule has 3 heteroatoms. The summed E-state index contributed by atoms with van der Waals surface area (Å²) in [5.41, 5.74) is 4.55. The van der Waals surface area contributed by atoms with Gasteiger partial charge < -0.3 is 5.32 Å². The first-order chi connectivity index (χ1) is 9.36. The van der Waals surface area contributed by atoms with Gasteiger partial charge >= 0.3 is 0 Å². The minimum absolute atomic E-state index is 0.0483. The molecule has 1 spiro atoms. The molecular weight excluding hydrogens is 238 g/mol. The van der Waals surface area contributed by atoms with E-state index in [1.54, 1.807) is 11.1 Å². The summed E-state index contributed by atoms with van der Waals surface area (Å²) in [5.74, 6) is 0.713. The van der Waals surface area contributed by atoms with Gasteiger partial charge in [0.2, 0.25) is 0 Å². The van der Waals surface area contributed by atoms with Gasteiger partial charge in [0.1, 0.15) is 5.60 Å². The van der Waals surface area contributed by atoms with E-state index in [4.69, 9.17) is 9.78 Å². The molecule has 1 saturated carbocycles. The molecular formula is C16H21NO2. The molecule has 0 radical (unpaired) electrons. The molecule has 2 aliphatic heterocycles. The van der Waals surface area contributed by atoms with E-state index < -0.39 is 0 Å². The highest BCUT2D eigenvalue weighted by atomic mass is 17.2. The number of nitrogens with one attached hydrogen (secondary N) is 1. The molecule has 0 amide bonds. The molecule has 0 unspecified atom stereocenters. The smallest absolute Gasteiger partial charge is 0.106 e. The molecule has 2 fully saturated rings. The lowest BCUT2D eigenvalue weighted by molar-refractivity contribution is -0.314. The Kier molecular flexibility index (Phi) is 2.78. The highest BCUT2D eigenvalue weighted by Gasteiger charge is 2.41. The predicted octanol–water partition coefficient (Wildman–Crippen LogP) is 3.40. The van der Waals surface area contributed by atoms with Crippen LogP contribution in [0.15, 0.2) is 18.2 Å². The Hall–Kier alpha value is -1.06. The Morgan fingerprint density at radius 1 is 1.16 bits per heavy atom. The molecule has 0 atom stereocenters. The SMILES string of the molecule is c1cc2c(c(C3CCC4(CCOO4)CC3)c1)CCN2. The fourth-order valence-corrected chi connectivity index (χ4v) is 3.98. The van der Waals surface area contributed by atoms with E-state index in [2.05, 4.69) is 23.5 Å². The Morgan fingerprint density at radius 2 is 2.05 bits per heavy atom. The van der Waals surface area contributed by atoms with Crippen molar-refractivity contribution in [1.82, 2.24) is 0 Å². The van der Waals surface area contributed by atoms with Crippen molar-refractivity contribution in [2.75, 3.05) is 18.5 Å². The van der Waals surface area contributed by atoms with Crippen LogP contribution in [-0.4, -0.2) is 18.8 Å². The van der Waals surface area contributed by atoms with Crippen LogP contribution in [0.4, 0.5) is 5.69 Å². The van der Waals surface area contributed by atoms with Crippen LogP contribution in [0.2, 0.25) is 0 Å². The monoisotopic (exact) mass is 259 g/mol. The number of benzene rings is 1. The summed E-state index contributed by atoms with van der Waals surface area (Å²) in [4.78, 5) is 10.7. The largest absolute Gasteiger partial charge is 0.384 e. The third-order valence-electron chi connectivity index (χ3n) is 5.12. The number of fused-ring (bicyclic) bond motifs is 1. The Balaban J connectivity index is 1.54. The molecule has 0 aromatic heterocycles. The zero-order valence-corrected chi connectivity index (χ0v) is 11.3. The first-order valence-corrected chi connectivity index (χ1v) is 7.53. The van der Waals surface area contributed by atoms with Gasteiger partial charge in [0.05, 0.1) is 6.61 Å². The molecule has 1 aromatic carbocycles.